The quantitative estimate of drug-likeness (QED) is 0.835. The van der Waals surface area contributed by atoms with Gasteiger partial charge in [-0.25, -0.2) is 0 Å². The van der Waals surface area contributed by atoms with Crippen molar-refractivity contribution in [3.63, 3.8) is 0 Å². The highest BCUT2D eigenvalue weighted by atomic mass is 79.9. The number of hydrogen-bond acceptors (Lipinski definition) is 2. The minimum atomic E-state index is -4.49. The van der Waals surface area contributed by atoms with Gasteiger partial charge in [0.15, 0.2) is 0 Å². The van der Waals surface area contributed by atoms with Gasteiger partial charge in [0.2, 0.25) is 0 Å². The van der Waals surface area contributed by atoms with Crippen molar-refractivity contribution in [1.82, 2.24) is 10.6 Å². The number of rotatable bonds is 4. The van der Waals surface area contributed by atoms with Gasteiger partial charge in [0.1, 0.15) is 0 Å². The Kier molecular flexibility index (Phi) is 5.15. The number of benzene rings is 1. The molecule has 0 aliphatic heterocycles. The molecule has 0 aliphatic rings. The first-order valence-corrected chi connectivity index (χ1v) is 5.95. The molecule has 0 atom stereocenters. The molecular formula is C11H12BrF3N2O. The second-order valence-corrected chi connectivity index (χ2v) is 4.41. The molecule has 0 spiro atoms. The molecule has 1 amide bonds. The van der Waals surface area contributed by atoms with E-state index in [1.165, 1.54) is 12.1 Å². The van der Waals surface area contributed by atoms with E-state index < -0.39 is 17.6 Å². The topological polar surface area (TPSA) is 41.1 Å². The van der Waals surface area contributed by atoms with Gasteiger partial charge in [-0.05, 0) is 25.2 Å². The molecule has 1 aromatic carbocycles. The lowest BCUT2D eigenvalue weighted by atomic mass is 10.1. The van der Waals surface area contributed by atoms with Crippen LogP contribution in [-0.4, -0.2) is 26.0 Å². The van der Waals surface area contributed by atoms with Gasteiger partial charge in [-0.3, -0.25) is 4.79 Å². The molecule has 3 nitrogen and oxygen atoms in total. The van der Waals surface area contributed by atoms with Crippen LogP contribution in [0.25, 0.3) is 0 Å². The first-order valence-electron chi connectivity index (χ1n) is 5.16. The average molecular weight is 325 g/mol. The van der Waals surface area contributed by atoms with Crippen molar-refractivity contribution in [3.05, 3.63) is 33.8 Å². The fourth-order valence-corrected chi connectivity index (χ4v) is 1.76. The molecule has 0 bridgehead atoms. The lowest BCUT2D eigenvalue weighted by Crippen LogP contribution is -2.30. The molecule has 18 heavy (non-hydrogen) atoms. The molecule has 1 rings (SSSR count). The van der Waals surface area contributed by atoms with Gasteiger partial charge in [-0.2, -0.15) is 13.2 Å². The van der Waals surface area contributed by atoms with Crippen LogP contribution in [0.2, 0.25) is 0 Å². The average Bonchev–Trinajstić information content (AvgIpc) is 2.28. The fourth-order valence-electron chi connectivity index (χ4n) is 1.29. The van der Waals surface area contributed by atoms with Crippen molar-refractivity contribution < 1.29 is 18.0 Å². The molecule has 0 radical (unpaired) electrons. The standard InChI is InChI=1S/C11H12BrF3N2O/c1-16-4-5-17-10(18)7-2-3-9(12)8(6-7)11(13,14)15/h2-3,6,16H,4-5H2,1H3,(H,17,18). The van der Waals surface area contributed by atoms with Gasteiger partial charge in [0.25, 0.3) is 5.91 Å². The maximum absolute atomic E-state index is 12.6. The van der Waals surface area contributed by atoms with Crippen LogP contribution in [0.3, 0.4) is 0 Å². The summed E-state index contributed by atoms with van der Waals surface area (Å²) in [5.41, 5.74) is -0.870. The Bertz CT molecular complexity index is 435. The number of alkyl halides is 3. The van der Waals surface area contributed by atoms with E-state index in [0.29, 0.717) is 13.1 Å². The summed E-state index contributed by atoms with van der Waals surface area (Å²) in [5, 5.41) is 5.33. The molecule has 0 unspecified atom stereocenters. The smallest absolute Gasteiger partial charge is 0.351 e. The lowest BCUT2D eigenvalue weighted by molar-refractivity contribution is -0.138. The highest BCUT2D eigenvalue weighted by Gasteiger charge is 2.33. The molecule has 7 heteroatoms. The Labute approximate surface area is 111 Å². The molecule has 2 N–H and O–H groups in total. The van der Waals surface area contributed by atoms with Crippen LogP contribution >= 0.6 is 15.9 Å². The highest BCUT2D eigenvalue weighted by Crippen LogP contribution is 2.35. The van der Waals surface area contributed by atoms with Crippen molar-refractivity contribution in [2.75, 3.05) is 20.1 Å². The van der Waals surface area contributed by atoms with Crippen LogP contribution < -0.4 is 10.6 Å². The van der Waals surface area contributed by atoms with Crippen molar-refractivity contribution in [2.45, 2.75) is 6.18 Å². The number of carbonyl (C=O) groups excluding carboxylic acids is 1. The van der Waals surface area contributed by atoms with Crippen LogP contribution in [-0.2, 0) is 6.18 Å². The summed E-state index contributed by atoms with van der Waals surface area (Å²) < 4.78 is 37.8. The second kappa shape index (κ2) is 6.19. The zero-order valence-corrected chi connectivity index (χ0v) is 11.2. The summed E-state index contributed by atoms with van der Waals surface area (Å²) in [6, 6.07) is 3.39. The van der Waals surface area contributed by atoms with E-state index in [0.717, 1.165) is 6.07 Å². The highest BCUT2D eigenvalue weighted by molar-refractivity contribution is 9.10. The number of amides is 1. The molecule has 1 aromatic rings. The first-order chi connectivity index (χ1) is 8.36. The third-order valence-electron chi connectivity index (χ3n) is 2.19. The molecule has 0 saturated carbocycles. The Balaban J connectivity index is 2.88. The number of likely N-dealkylation sites (N-methyl/N-ethyl adjacent to an activating group) is 1. The number of hydrogen-bond donors (Lipinski definition) is 2. The van der Waals surface area contributed by atoms with Crippen LogP contribution in [0.1, 0.15) is 15.9 Å². The summed E-state index contributed by atoms with van der Waals surface area (Å²) in [5.74, 6) is -0.525. The predicted octanol–water partition coefficient (Wildman–Crippen LogP) is 2.42. The van der Waals surface area contributed by atoms with Gasteiger partial charge in [-0.1, -0.05) is 15.9 Å². The first kappa shape index (κ1) is 15.0. The van der Waals surface area contributed by atoms with Gasteiger partial charge in [0.05, 0.1) is 5.56 Å². The largest absolute Gasteiger partial charge is 0.417 e. The second-order valence-electron chi connectivity index (χ2n) is 3.55. The van der Waals surface area contributed by atoms with Gasteiger partial charge < -0.3 is 10.6 Å². The Morgan fingerprint density at radius 3 is 2.56 bits per heavy atom. The number of halogens is 4. The SMILES string of the molecule is CNCCNC(=O)c1ccc(Br)c(C(F)(F)F)c1. The lowest BCUT2D eigenvalue weighted by Gasteiger charge is -2.11. The summed E-state index contributed by atoms with van der Waals surface area (Å²) in [6.45, 7) is 0.904. The molecule has 0 fully saturated rings. The van der Waals surface area contributed by atoms with Crippen LogP contribution in [0.5, 0.6) is 0 Å². The van der Waals surface area contributed by atoms with E-state index in [1.807, 2.05) is 0 Å². The number of carbonyl (C=O) groups is 1. The minimum absolute atomic E-state index is 0.0124. The zero-order chi connectivity index (χ0) is 13.8. The van der Waals surface area contributed by atoms with Gasteiger partial charge in [-0.15, -0.1) is 0 Å². The van der Waals surface area contributed by atoms with Crippen LogP contribution in [0, 0.1) is 0 Å². The third-order valence-corrected chi connectivity index (χ3v) is 2.89. The van der Waals surface area contributed by atoms with Gasteiger partial charge in [0, 0.05) is 23.1 Å². The van der Waals surface area contributed by atoms with E-state index in [4.69, 9.17) is 0 Å². The van der Waals surface area contributed by atoms with E-state index in [-0.39, 0.29) is 10.0 Å². The minimum Gasteiger partial charge on any atom is -0.351 e. The molecule has 0 aliphatic carbocycles. The van der Waals surface area contributed by atoms with E-state index in [2.05, 4.69) is 26.6 Å². The maximum Gasteiger partial charge on any atom is 0.417 e. The summed E-state index contributed by atoms with van der Waals surface area (Å²) >= 11 is 2.82. The molecule has 100 valence electrons. The fraction of sp³-hybridized carbons (Fsp3) is 0.364. The van der Waals surface area contributed by atoms with Crippen molar-refractivity contribution in [3.8, 4) is 0 Å². The van der Waals surface area contributed by atoms with E-state index >= 15 is 0 Å². The molecule has 0 heterocycles. The Hall–Kier alpha value is -1.08. The maximum atomic E-state index is 12.6. The summed E-state index contributed by atoms with van der Waals surface area (Å²) in [7, 11) is 1.72. The van der Waals surface area contributed by atoms with Crippen molar-refractivity contribution in [2.24, 2.45) is 0 Å². The predicted molar refractivity (Wildman–Crippen MR) is 65.4 cm³/mol. The molecule has 0 saturated heterocycles. The number of nitrogens with one attached hydrogen (secondary N) is 2. The van der Waals surface area contributed by atoms with Crippen LogP contribution in [0.15, 0.2) is 22.7 Å². The van der Waals surface area contributed by atoms with E-state index in [9.17, 15) is 18.0 Å². The van der Waals surface area contributed by atoms with Crippen LogP contribution in [0.4, 0.5) is 13.2 Å². The Morgan fingerprint density at radius 2 is 2.00 bits per heavy atom. The van der Waals surface area contributed by atoms with Crippen molar-refractivity contribution >= 4 is 21.8 Å². The monoisotopic (exact) mass is 324 g/mol. The zero-order valence-electron chi connectivity index (χ0n) is 9.57. The Morgan fingerprint density at radius 1 is 1.33 bits per heavy atom. The van der Waals surface area contributed by atoms with Gasteiger partial charge >= 0.3 is 6.18 Å². The van der Waals surface area contributed by atoms with E-state index in [1.54, 1.807) is 7.05 Å². The normalized spacial score (nSPS) is 11.4. The molecule has 0 aromatic heterocycles. The summed E-state index contributed by atoms with van der Waals surface area (Å²) in [6.07, 6.45) is -4.49. The third kappa shape index (κ3) is 3.99. The summed E-state index contributed by atoms with van der Waals surface area (Å²) in [4.78, 5) is 11.6. The molecular weight excluding hydrogens is 313 g/mol. The van der Waals surface area contributed by atoms with Crippen molar-refractivity contribution in [1.29, 1.82) is 0 Å².